The Hall–Kier alpha value is -1.06. The summed E-state index contributed by atoms with van der Waals surface area (Å²) < 4.78 is 5.78. The van der Waals surface area contributed by atoms with Crippen LogP contribution in [0, 0.1) is 6.92 Å². The first-order valence-corrected chi connectivity index (χ1v) is 7.75. The molecule has 3 heteroatoms. The Morgan fingerprint density at radius 3 is 2.80 bits per heavy atom. The van der Waals surface area contributed by atoms with Gasteiger partial charge in [0.1, 0.15) is 5.75 Å². The van der Waals surface area contributed by atoms with E-state index in [2.05, 4.69) is 31.3 Å². The van der Waals surface area contributed by atoms with Crippen LogP contribution in [0.5, 0.6) is 5.75 Å². The summed E-state index contributed by atoms with van der Waals surface area (Å²) in [6.45, 7) is 5.13. The van der Waals surface area contributed by atoms with Crippen molar-refractivity contribution in [3.05, 3.63) is 29.8 Å². The second-order valence-electron chi connectivity index (χ2n) is 5.98. The maximum Gasteiger partial charge on any atom is 0.119 e. The maximum atomic E-state index is 9.70. The molecule has 0 amide bonds. The number of nitrogens with one attached hydrogen (secondary N) is 1. The second-order valence-corrected chi connectivity index (χ2v) is 5.98. The average Bonchev–Trinajstić information content (AvgIpc) is 3.26. The Bertz CT molecular complexity index is 411. The first-order valence-electron chi connectivity index (χ1n) is 7.75. The molecule has 0 radical (unpaired) electrons. The molecule has 1 aromatic rings. The van der Waals surface area contributed by atoms with Crippen LogP contribution in [0.25, 0.3) is 0 Å². The largest absolute Gasteiger partial charge is 0.494 e. The third-order valence-corrected chi connectivity index (χ3v) is 4.13. The van der Waals surface area contributed by atoms with Crippen LogP contribution in [0.4, 0.5) is 0 Å². The van der Waals surface area contributed by atoms with Gasteiger partial charge in [-0.3, -0.25) is 0 Å². The summed E-state index contributed by atoms with van der Waals surface area (Å²) in [5, 5.41) is 13.3. The Morgan fingerprint density at radius 2 is 2.20 bits per heavy atom. The molecule has 20 heavy (non-hydrogen) atoms. The van der Waals surface area contributed by atoms with Crippen molar-refractivity contribution in [2.45, 2.75) is 57.5 Å². The maximum absolute atomic E-state index is 9.70. The molecule has 0 bridgehead atoms. The van der Waals surface area contributed by atoms with Crippen LogP contribution in [-0.2, 0) is 0 Å². The van der Waals surface area contributed by atoms with E-state index in [-0.39, 0.29) is 12.1 Å². The lowest BCUT2D eigenvalue weighted by Gasteiger charge is -2.32. The van der Waals surface area contributed by atoms with Crippen LogP contribution in [0.1, 0.15) is 44.6 Å². The predicted molar refractivity (Wildman–Crippen MR) is 82.2 cm³/mol. The molecule has 1 atom stereocenters. The summed E-state index contributed by atoms with van der Waals surface area (Å²) in [5.74, 6) is 0.936. The van der Waals surface area contributed by atoms with Crippen molar-refractivity contribution in [3.8, 4) is 5.75 Å². The zero-order valence-corrected chi connectivity index (χ0v) is 12.7. The predicted octanol–water partition coefficient (Wildman–Crippen LogP) is 3.05. The molecule has 112 valence electrons. The van der Waals surface area contributed by atoms with E-state index in [9.17, 15) is 5.11 Å². The standard InChI is InChI=1S/C17H27NO2/c1-3-17(13-19,18-15-8-9-15)10-5-11-20-16-7-4-6-14(2)12-16/h4,6-7,12,15,18-19H,3,5,8-11,13H2,1-2H3. The first-order chi connectivity index (χ1) is 9.67. The van der Waals surface area contributed by atoms with Crippen molar-refractivity contribution < 1.29 is 9.84 Å². The van der Waals surface area contributed by atoms with Crippen LogP contribution in [0.3, 0.4) is 0 Å². The molecule has 2 rings (SSSR count). The van der Waals surface area contributed by atoms with E-state index in [0.717, 1.165) is 25.0 Å². The smallest absolute Gasteiger partial charge is 0.119 e. The molecule has 0 heterocycles. The van der Waals surface area contributed by atoms with E-state index in [1.54, 1.807) is 0 Å². The van der Waals surface area contributed by atoms with Gasteiger partial charge in [-0.05, 0) is 56.7 Å². The normalized spacial score (nSPS) is 17.8. The fourth-order valence-electron chi connectivity index (χ4n) is 2.55. The van der Waals surface area contributed by atoms with Crippen LogP contribution >= 0.6 is 0 Å². The Labute approximate surface area is 122 Å². The van der Waals surface area contributed by atoms with Crippen LogP contribution in [-0.4, -0.2) is 29.9 Å². The van der Waals surface area contributed by atoms with Crippen molar-refractivity contribution in [1.82, 2.24) is 5.32 Å². The lowest BCUT2D eigenvalue weighted by atomic mass is 9.91. The first kappa shape index (κ1) is 15.3. The van der Waals surface area contributed by atoms with Crippen molar-refractivity contribution >= 4 is 0 Å². The van der Waals surface area contributed by atoms with Gasteiger partial charge in [0.25, 0.3) is 0 Å². The number of rotatable bonds is 9. The molecule has 1 unspecified atom stereocenters. The molecule has 1 aliphatic carbocycles. The van der Waals surface area contributed by atoms with Crippen molar-refractivity contribution in [3.63, 3.8) is 0 Å². The molecule has 0 aliphatic heterocycles. The topological polar surface area (TPSA) is 41.5 Å². The molecule has 1 aliphatic rings. The SMILES string of the molecule is CCC(CO)(CCCOc1cccc(C)c1)NC1CC1. The minimum atomic E-state index is -0.114. The number of hydrogen-bond acceptors (Lipinski definition) is 3. The average molecular weight is 277 g/mol. The zero-order chi connectivity index (χ0) is 14.4. The van der Waals surface area contributed by atoms with Gasteiger partial charge in [-0.15, -0.1) is 0 Å². The fourth-order valence-corrected chi connectivity index (χ4v) is 2.55. The molecule has 1 saturated carbocycles. The van der Waals surface area contributed by atoms with Gasteiger partial charge in [-0.25, -0.2) is 0 Å². The van der Waals surface area contributed by atoms with Crippen molar-refractivity contribution in [2.75, 3.05) is 13.2 Å². The summed E-state index contributed by atoms with van der Waals surface area (Å²) in [6.07, 6.45) is 5.39. The number of ether oxygens (including phenoxy) is 1. The minimum absolute atomic E-state index is 0.114. The van der Waals surface area contributed by atoms with Gasteiger partial charge in [-0.2, -0.15) is 0 Å². The number of hydrogen-bond donors (Lipinski definition) is 2. The van der Waals surface area contributed by atoms with Gasteiger partial charge in [0.05, 0.1) is 13.2 Å². The lowest BCUT2D eigenvalue weighted by molar-refractivity contribution is 0.136. The minimum Gasteiger partial charge on any atom is -0.494 e. The monoisotopic (exact) mass is 277 g/mol. The molecule has 0 aromatic heterocycles. The quantitative estimate of drug-likeness (QED) is 0.682. The van der Waals surface area contributed by atoms with Gasteiger partial charge < -0.3 is 15.2 Å². The van der Waals surface area contributed by atoms with Gasteiger partial charge in [0, 0.05) is 11.6 Å². The highest BCUT2D eigenvalue weighted by Gasteiger charge is 2.33. The number of aliphatic hydroxyl groups is 1. The highest BCUT2D eigenvalue weighted by Crippen LogP contribution is 2.27. The van der Waals surface area contributed by atoms with E-state index in [1.165, 1.54) is 18.4 Å². The third-order valence-electron chi connectivity index (χ3n) is 4.13. The van der Waals surface area contributed by atoms with E-state index < -0.39 is 0 Å². The van der Waals surface area contributed by atoms with Crippen LogP contribution < -0.4 is 10.1 Å². The van der Waals surface area contributed by atoms with Crippen molar-refractivity contribution in [2.24, 2.45) is 0 Å². The number of benzene rings is 1. The number of aryl methyl sites for hydroxylation is 1. The third kappa shape index (κ3) is 4.50. The fraction of sp³-hybridized carbons (Fsp3) is 0.647. The summed E-state index contributed by atoms with van der Waals surface area (Å²) in [6, 6.07) is 8.76. The Balaban J connectivity index is 1.75. The summed E-state index contributed by atoms with van der Waals surface area (Å²) in [4.78, 5) is 0. The highest BCUT2D eigenvalue weighted by molar-refractivity contribution is 5.27. The van der Waals surface area contributed by atoms with Gasteiger partial charge in [-0.1, -0.05) is 19.1 Å². The summed E-state index contributed by atoms with van der Waals surface area (Å²) >= 11 is 0. The molecular formula is C17H27NO2. The van der Waals surface area contributed by atoms with Crippen LogP contribution in [0.2, 0.25) is 0 Å². The van der Waals surface area contributed by atoms with E-state index in [4.69, 9.17) is 4.74 Å². The van der Waals surface area contributed by atoms with Gasteiger partial charge >= 0.3 is 0 Å². The van der Waals surface area contributed by atoms with E-state index >= 15 is 0 Å². The summed E-state index contributed by atoms with van der Waals surface area (Å²) in [7, 11) is 0. The van der Waals surface area contributed by atoms with Crippen LogP contribution in [0.15, 0.2) is 24.3 Å². The molecule has 1 aromatic carbocycles. The Morgan fingerprint density at radius 1 is 1.40 bits per heavy atom. The molecule has 3 nitrogen and oxygen atoms in total. The summed E-state index contributed by atoms with van der Waals surface area (Å²) in [5.41, 5.74) is 1.10. The van der Waals surface area contributed by atoms with Crippen molar-refractivity contribution in [1.29, 1.82) is 0 Å². The molecule has 2 N–H and O–H groups in total. The molecule has 0 spiro atoms. The Kier molecular flexibility index (Phi) is 5.44. The van der Waals surface area contributed by atoms with Gasteiger partial charge in [0.15, 0.2) is 0 Å². The number of aliphatic hydroxyl groups excluding tert-OH is 1. The lowest BCUT2D eigenvalue weighted by Crippen LogP contribution is -2.49. The molecule has 0 saturated heterocycles. The van der Waals surface area contributed by atoms with E-state index in [0.29, 0.717) is 12.6 Å². The van der Waals surface area contributed by atoms with E-state index in [1.807, 2.05) is 12.1 Å². The second kappa shape index (κ2) is 7.09. The molecular weight excluding hydrogens is 250 g/mol. The van der Waals surface area contributed by atoms with Gasteiger partial charge in [0.2, 0.25) is 0 Å². The molecule has 1 fully saturated rings. The zero-order valence-electron chi connectivity index (χ0n) is 12.7. The highest BCUT2D eigenvalue weighted by atomic mass is 16.5.